The SMILES string of the molecule is Cc1ccc(C2CC2)c(-c2ccc3c(c2C)CCCO3)c1C(O)C(=O)O. The van der Waals surface area contributed by atoms with Crippen LogP contribution in [0.5, 0.6) is 5.75 Å². The molecule has 1 heterocycles. The summed E-state index contributed by atoms with van der Waals surface area (Å²) in [5.41, 5.74) is 6.77. The molecule has 4 heteroatoms. The number of carboxylic acids is 1. The highest BCUT2D eigenvalue weighted by atomic mass is 16.5. The summed E-state index contributed by atoms with van der Waals surface area (Å²) in [7, 11) is 0. The standard InChI is InChI=1S/C22H24O4/c1-12-5-8-17(14-6-7-14)20(19(12)21(23)22(24)25)16-9-10-18-15(13(16)2)4-3-11-26-18/h5,8-10,14,21,23H,3-4,6-7,11H2,1-2H3,(H,24,25). The van der Waals surface area contributed by atoms with Crippen LogP contribution < -0.4 is 4.74 Å². The molecule has 2 aromatic carbocycles. The lowest BCUT2D eigenvalue weighted by atomic mass is 9.83. The van der Waals surface area contributed by atoms with Crippen molar-refractivity contribution in [2.75, 3.05) is 6.61 Å². The molecule has 2 aromatic rings. The van der Waals surface area contributed by atoms with Gasteiger partial charge in [0.05, 0.1) is 6.61 Å². The summed E-state index contributed by atoms with van der Waals surface area (Å²) in [5, 5.41) is 19.9. The molecular weight excluding hydrogens is 328 g/mol. The number of carboxylic acid groups (broad SMARTS) is 1. The van der Waals surface area contributed by atoms with Gasteiger partial charge in [0.25, 0.3) is 0 Å². The quantitative estimate of drug-likeness (QED) is 0.861. The number of aliphatic carboxylic acids is 1. The van der Waals surface area contributed by atoms with E-state index < -0.39 is 12.1 Å². The summed E-state index contributed by atoms with van der Waals surface area (Å²) in [6.07, 6.45) is 2.68. The maximum Gasteiger partial charge on any atom is 0.337 e. The van der Waals surface area contributed by atoms with E-state index in [4.69, 9.17) is 4.74 Å². The van der Waals surface area contributed by atoms with Gasteiger partial charge in [0.2, 0.25) is 0 Å². The fourth-order valence-corrected chi connectivity index (χ4v) is 4.13. The third-order valence-electron chi connectivity index (χ3n) is 5.67. The molecule has 1 aliphatic carbocycles. The van der Waals surface area contributed by atoms with Crippen LogP contribution in [0.25, 0.3) is 11.1 Å². The van der Waals surface area contributed by atoms with E-state index in [-0.39, 0.29) is 0 Å². The van der Waals surface area contributed by atoms with Crippen molar-refractivity contribution in [2.45, 2.75) is 51.6 Å². The first-order valence-electron chi connectivity index (χ1n) is 9.29. The number of carbonyl (C=O) groups is 1. The first-order valence-corrected chi connectivity index (χ1v) is 9.29. The maximum atomic E-state index is 11.6. The van der Waals surface area contributed by atoms with Gasteiger partial charge in [-0.05, 0) is 84.9 Å². The van der Waals surface area contributed by atoms with Crippen LogP contribution in [0.1, 0.15) is 59.1 Å². The minimum atomic E-state index is -1.52. The lowest BCUT2D eigenvalue weighted by Crippen LogP contribution is -2.15. The Morgan fingerprint density at radius 1 is 1.19 bits per heavy atom. The largest absolute Gasteiger partial charge is 0.493 e. The summed E-state index contributed by atoms with van der Waals surface area (Å²) in [6.45, 7) is 4.70. The molecule has 2 aliphatic rings. The van der Waals surface area contributed by atoms with Gasteiger partial charge < -0.3 is 14.9 Å². The lowest BCUT2D eigenvalue weighted by molar-refractivity contribution is -0.146. The highest BCUT2D eigenvalue weighted by molar-refractivity contribution is 5.84. The van der Waals surface area contributed by atoms with Gasteiger partial charge in [0.15, 0.2) is 6.10 Å². The molecule has 1 unspecified atom stereocenters. The Bertz CT molecular complexity index is 880. The summed E-state index contributed by atoms with van der Waals surface area (Å²) in [6, 6.07) is 8.07. The minimum Gasteiger partial charge on any atom is -0.493 e. The van der Waals surface area contributed by atoms with Crippen molar-refractivity contribution in [1.82, 2.24) is 0 Å². The Kier molecular flexibility index (Phi) is 4.23. The van der Waals surface area contributed by atoms with Crippen molar-refractivity contribution < 1.29 is 19.7 Å². The minimum absolute atomic E-state index is 0.456. The van der Waals surface area contributed by atoms with Crippen LogP contribution in [0.3, 0.4) is 0 Å². The first kappa shape index (κ1) is 17.1. The van der Waals surface area contributed by atoms with E-state index in [2.05, 4.69) is 13.0 Å². The van der Waals surface area contributed by atoms with Gasteiger partial charge in [-0.1, -0.05) is 18.2 Å². The molecule has 0 saturated heterocycles. The molecule has 4 nitrogen and oxygen atoms in total. The van der Waals surface area contributed by atoms with Gasteiger partial charge in [-0.3, -0.25) is 0 Å². The summed E-state index contributed by atoms with van der Waals surface area (Å²) >= 11 is 0. The monoisotopic (exact) mass is 352 g/mol. The van der Waals surface area contributed by atoms with Crippen LogP contribution >= 0.6 is 0 Å². The molecule has 0 aromatic heterocycles. The van der Waals surface area contributed by atoms with E-state index in [1.54, 1.807) is 0 Å². The van der Waals surface area contributed by atoms with Crippen molar-refractivity contribution >= 4 is 5.97 Å². The number of hydrogen-bond acceptors (Lipinski definition) is 3. The van der Waals surface area contributed by atoms with Gasteiger partial charge in [0.1, 0.15) is 5.75 Å². The fourth-order valence-electron chi connectivity index (χ4n) is 4.13. The molecule has 0 spiro atoms. The number of aliphatic hydroxyl groups excluding tert-OH is 1. The third kappa shape index (κ3) is 2.78. The zero-order valence-electron chi connectivity index (χ0n) is 15.2. The maximum absolute atomic E-state index is 11.6. The van der Waals surface area contributed by atoms with E-state index in [0.717, 1.165) is 65.9 Å². The van der Waals surface area contributed by atoms with Gasteiger partial charge in [0, 0.05) is 5.56 Å². The molecule has 4 rings (SSSR count). The number of rotatable bonds is 4. The Labute approximate surface area is 153 Å². The molecule has 2 N–H and O–H groups in total. The van der Waals surface area contributed by atoms with Gasteiger partial charge >= 0.3 is 5.97 Å². The predicted molar refractivity (Wildman–Crippen MR) is 99.7 cm³/mol. The molecule has 1 fully saturated rings. The number of benzene rings is 2. The predicted octanol–water partition coefficient (Wildman–Crippen LogP) is 4.29. The van der Waals surface area contributed by atoms with Crippen LogP contribution in [-0.2, 0) is 11.2 Å². The lowest BCUT2D eigenvalue weighted by Gasteiger charge is -2.25. The molecule has 0 radical (unpaired) electrons. The van der Waals surface area contributed by atoms with Crippen LogP contribution in [0.4, 0.5) is 0 Å². The van der Waals surface area contributed by atoms with E-state index in [1.807, 2.05) is 25.1 Å². The fraction of sp³-hybridized carbons (Fsp3) is 0.409. The van der Waals surface area contributed by atoms with Crippen molar-refractivity contribution in [3.8, 4) is 16.9 Å². The van der Waals surface area contributed by atoms with Crippen LogP contribution in [0, 0.1) is 13.8 Å². The van der Waals surface area contributed by atoms with E-state index in [1.165, 1.54) is 5.56 Å². The summed E-state index contributed by atoms with van der Waals surface area (Å²) < 4.78 is 5.78. The molecule has 136 valence electrons. The molecule has 1 aliphatic heterocycles. The summed E-state index contributed by atoms with van der Waals surface area (Å²) in [5.74, 6) is 0.178. The molecular formula is C22H24O4. The molecule has 0 bridgehead atoms. The second-order valence-corrected chi connectivity index (χ2v) is 7.44. The number of fused-ring (bicyclic) bond motifs is 1. The first-order chi connectivity index (χ1) is 12.5. The van der Waals surface area contributed by atoms with Gasteiger partial charge in [-0.2, -0.15) is 0 Å². The Morgan fingerprint density at radius 2 is 1.96 bits per heavy atom. The highest BCUT2D eigenvalue weighted by Gasteiger charge is 2.32. The Morgan fingerprint density at radius 3 is 2.65 bits per heavy atom. The van der Waals surface area contributed by atoms with Crippen LogP contribution in [-0.4, -0.2) is 22.8 Å². The van der Waals surface area contributed by atoms with Crippen molar-refractivity contribution in [1.29, 1.82) is 0 Å². The van der Waals surface area contributed by atoms with Crippen molar-refractivity contribution in [2.24, 2.45) is 0 Å². The third-order valence-corrected chi connectivity index (χ3v) is 5.67. The normalized spacial score (nSPS) is 17.3. The average molecular weight is 352 g/mol. The van der Waals surface area contributed by atoms with E-state index in [9.17, 15) is 15.0 Å². The summed E-state index contributed by atoms with van der Waals surface area (Å²) in [4.78, 5) is 11.6. The van der Waals surface area contributed by atoms with E-state index in [0.29, 0.717) is 11.5 Å². The highest BCUT2D eigenvalue weighted by Crippen LogP contribution is 2.48. The van der Waals surface area contributed by atoms with Gasteiger partial charge in [-0.15, -0.1) is 0 Å². The van der Waals surface area contributed by atoms with Crippen LogP contribution in [0.2, 0.25) is 0 Å². The zero-order valence-corrected chi connectivity index (χ0v) is 15.2. The molecule has 1 saturated carbocycles. The second kappa shape index (κ2) is 6.44. The number of aryl methyl sites for hydroxylation is 1. The van der Waals surface area contributed by atoms with Crippen LogP contribution in [0.15, 0.2) is 24.3 Å². The topological polar surface area (TPSA) is 66.8 Å². The Hall–Kier alpha value is -2.33. The molecule has 26 heavy (non-hydrogen) atoms. The van der Waals surface area contributed by atoms with E-state index >= 15 is 0 Å². The van der Waals surface area contributed by atoms with Crippen molar-refractivity contribution in [3.05, 3.63) is 52.1 Å². The average Bonchev–Trinajstić information content (AvgIpc) is 3.46. The molecule has 0 amide bonds. The molecule has 1 atom stereocenters. The smallest absolute Gasteiger partial charge is 0.337 e. The second-order valence-electron chi connectivity index (χ2n) is 7.44. The van der Waals surface area contributed by atoms with Crippen molar-refractivity contribution in [3.63, 3.8) is 0 Å². The number of aliphatic hydroxyl groups is 1. The number of ether oxygens (including phenoxy) is 1. The zero-order chi connectivity index (χ0) is 18.4. The number of hydrogen-bond donors (Lipinski definition) is 2. The Balaban J connectivity index is 1.98. The van der Waals surface area contributed by atoms with Gasteiger partial charge in [-0.25, -0.2) is 4.79 Å².